The molecule has 1 N–H and O–H groups in total. The van der Waals surface area contributed by atoms with Crippen molar-refractivity contribution in [1.82, 2.24) is 10.2 Å². The highest BCUT2D eigenvalue weighted by atomic mass is 16.5. The van der Waals surface area contributed by atoms with Gasteiger partial charge in [-0.05, 0) is 37.5 Å². The first-order valence-corrected chi connectivity index (χ1v) is 10.0. The van der Waals surface area contributed by atoms with E-state index in [1.54, 1.807) is 0 Å². The van der Waals surface area contributed by atoms with E-state index in [4.69, 9.17) is 9.15 Å². The lowest BCUT2D eigenvalue weighted by molar-refractivity contribution is 0.0715. The molecule has 1 aromatic heterocycles. The van der Waals surface area contributed by atoms with Gasteiger partial charge in [0.1, 0.15) is 17.9 Å². The number of para-hydroxylation sites is 2. The first-order valence-electron chi connectivity index (χ1n) is 10.0. The Balaban J connectivity index is 1.45. The molecule has 0 aliphatic carbocycles. The maximum absolute atomic E-state index is 13.4. The summed E-state index contributed by atoms with van der Waals surface area (Å²) in [5.74, 6) is 1.16. The second-order valence-electron chi connectivity index (χ2n) is 7.69. The minimum atomic E-state index is -0.0304. The predicted octanol–water partition coefficient (Wildman–Crippen LogP) is 3.98. The minimum absolute atomic E-state index is 0.0304. The molecule has 2 atom stereocenters. The Bertz CT molecular complexity index is 982. The van der Waals surface area contributed by atoms with Gasteiger partial charge < -0.3 is 19.4 Å². The Morgan fingerprint density at radius 1 is 1.04 bits per heavy atom. The predicted molar refractivity (Wildman–Crippen MR) is 107 cm³/mol. The summed E-state index contributed by atoms with van der Waals surface area (Å²) in [6, 6.07) is 18.4. The van der Waals surface area contributed by atoms with Crippen LogP contribution in [0, 0.1) is 0 Å². The third-order valence-electron chi connectivity index (χ3n) is 5.83. The van der Waals surface area contributed by atoms with Crippen molar-refractivity contribution in [3.05, 3.63) is 65.9 Å². The summed E-state index contributed by atoms with van der Waals surface area (Å²) in [6.45, 7) is 1.81. The van der Waals surface area contributed by atoms with Crippen LogP contribution in [0.4, 0.5) is 0 Å². The summed E-state index contributed by atoms with van der Waals surface area (Å²) in [7, 11) is 0. The molecule has 2 aromatic carbocycles. The van der Waals surface area contributed by atoms with Gasteiger partial charge in [0.25, 0.3) is 5.91 Å². The summed E-state index contributed by atoms with van der Waals surface area (Å²) in [6.07, 6.45) is 3.35. The van der Waals surface area contributed by atoms with E-state index in [0.717, 1.165) is 48.2 Å². The van der Waals surface area contributed by atoms with Crippen molar-refractivity contribution in [3.63, 3.8) is 0 Å². The molecule has 5 nitrogen and oxygen atoms in total. The van der Waals surface area contributed by atoms with Crippen molar-refractivity contribution in [2.75, 3.05) is 13.1 Å². The first kappa shape index (κ1) is 17.3. The average Bonchev–Trinajstić information content (AvgIpc) is 3.26. The molecule has 0 saturated carbocycles. The van der Waals surface area contributed by atoms with Gasteiger partial charge in [-0.25, -0.2) is 0 Å². The van der Waals surface area contributed by atoms with Crippen molar-refractivity contribution < 1.29 is 13.9 Å². The lowest BCUT2D eigenvalue weighted by atomic mass is 10.1. The van der Waals surface area contributed by atoms with Crippen molar-refractivity contribution >= 4 is 16.9 Å². The number of furan rings is 1. The molecular weight excluding hydrogens is 352 g/mol. The van der Waals surface area contributed by atoms with Gasteiger partial charge in [-0.3, -0.25) is 4.79 Å². The van der Waals surface area contributed by atoms with Crippen LogP contribution in [0.3, 0.4) is 0 Å². The van der Waals surface area contributed by atoms with Crippen molar-refractivity contribution in [1.29, 1.82) is 0 Å². The number of carbonyl (C=O) groups is 1. The van der Waals surface area contributed by atoms with Gasteiger partial charge in [0, 0.05) is 36.1 Å². The number of nitrogens with zero attached hydrogens (tertiary/aromatic N) is 1. The van der Waals surface area contributed by atoms with Crippen LogP contribution in [0.2, 0.25) is 0 Å². The molecule has 2 aliphatic rings. The number of carbonyl (C=O) groups excluding carboxylic acids is 1. The minimum Gasteiger partial charge on any atom is -0.489 e. The first-order chi connectivity index (χ1) is 13.8. The summed E-state index contributed by atoms with van der Waals surface area (Å²) in [5, 5.41) is 4.57. The number of rotatable bonds is 4. The second-order valence-corrected chi connectivity index (χ2v) is 7.69. The summed E-state index contributed by atoms with van der Waals surface area (Å²) in [5.41, 5.74) is 1.55. The van der Waals surface area contributed by atoms with E-state index < -0.39 is 0 Å². The van der Waals surface area contributed by atoms with Gasteiger partial charge in [-0.2, -0.15) is 0 Å². The quantitative estimate of drug-likeness (QED) is 0.748. The molecule has 0 spiro atoms. The van der Waals surface area contributed by atoms with E-state index in [0.29, 0.717) is 24.5 Å². The number of nitrogens with one attached hydrogen (secondary N) is 1. The van der Waals surface area contributed by atoms with Crippen LogP contribution in [0.1, 0.15) is 35.4 Å². The molecule has 2 saturated heterocycles. The third-order valence-corrected chi connectivity index (χ3v) is 5.83. The van der Waals surface area contributed by atoms with E-state index in [1.807, 2.05) is 59.5 Å². The number of amides is 1. The number of fused-ring (bicyclic) bond motifs is 3. The van der Waals surface area contributed by atoms with Gasteiger partial charge in [-0.15, -0.1) is 0 Å². The highest BCUT2D eigenvalue weighted by Crippen LogP contribution is 2.29. The van der Waals surface area contributed by atoms with Crippen molar-refractivity contribution in [3.8, 4) is 5.75 Å². The lowest BCUT2D eigenvalue weighted by Gasteiger charge is -2.23. The molecule has 2 unspecified atom stereocenters. The molecular formula is C23H24N2O3. The highest BCUT2D eigenvalue weighted by molar-refractivity contribution is 5.99. The van der Waals surface area contributed by atoms with Gasteiger partial charge in [0.2, 0.25) is 0 Å². The Kier molecular flexibility index (Phi) is 4.53. The fraction of sp³-hybridized carbons (Fsp3) is 0.348. The summed E-state index contributed by atoms with van der Waals surface area (Å²) in [4.78, 5) is 15.3. The molecule has 5 heteroatoms. The van der Waals surface area contributed by atoms with Gasteiger partial charge in [0.15, 0.2) is 5.76 Å². The molecule has 1 amide bonds. The number of benzene rings is 2. The second kappa shape index (κ2) is 7.32. The van der Waals surface area contributed by atoms with Crippen LogP contribution in [0.15, 0.2) is 59.0 Å². The molecule has 0 radical (unpaired) electrons. The maximum atomic E-state index is 13.4. The Hall–Kier alpha value is -2.79. The van der Waals surface area contributed by atoms with E-state index in [-0.39, 0.29) is 5.91 Å². The number of hydrogen-bond acceptors (Lipinski definition) is 4. The maximum Gasteiger partial charge on any atom is 0.290 e. The van der Waals surface area contributed by atoms with E-state index >= 15 is 0 Å². The zero-order valence-corrected chi connectivity index (χ0v) is 15.8. The molecule has 2 bridgehead atoms. The molecule has 3 heterocycles. The number of ether oxygens (including phenoxy) is 1. The van der Waals surface area contributed by atoms with Gasteiger partial charge >= 0.3 is 0 Å². The van der Waals surface area contributed by atoms with Crippen LogP contribution in [0.5, 0.6) is 5.75 Å². The van der Waals surface area contributed by atoms with Crippen LogP contribution < -0.4 is 10.1 Å². The molecule has 3 aromatic rings. The average molecular weight is 376 g/mol. The van der Waals surface area contributed by atoms with Crippen molar-refractivity contribution in [2.45, 2.75) is 38.0 Å². The SMILES string of the molecule is O=C(c1oc2ccccc2c1COc1ccccc1)N1CCC2CCC(C1)N2. The zero-order chi connectivity index (χ0) is 18.9. The molecule has 144 valence electrons. The van der Waals surface area contributed by atoms with Crippen molar-refractivity contribution in [2.24, 2.45) is 0 Å². The molecule has 2 fully saturated rings. The van der Waals surface area contributed by atoms with Crippen LogP contribution in [-0.2, 0) is 6.61 Å². The monoisotopic (exact) mass is 376 g/mol. The summed E-state index contributed by atoms with van der Waals surface area (Å²) >= 11 is 0. The van der Waals surface area contributed by atoms with E-state index in [2.05, 4.69) is 5.32 Å². The Morgan fingerprint density at radius 2 is 1.82 bits per heavy atom. The lowest BCUT2D eigenvalue weighted by Crippen LogP contribution is -2.39. The largest absolute Gasteiger partial charge is 0.489 e. The fourth-order valence-electron chi connectivity index (χ4n) is 4.36. The smallest absolute Gasteiger partial charge is 0.290 e. The Morgan fingerprint density at radius 3 is 2.71 bits per heavy atom. The van der Waals surface area contributed by atoms with Crippen LogP contribution >= 0.6 is 0 Å². The molecule has 2 aliphatic heterocycles. The standard InChI is InChI=1S/C23H24N2O3/c26-23(25-13-12-16-10-11-17(14-25)24-16)22-20(15-27-18-6-2-1-3-7-18)19-8-4-5-9-21(19)28-22/h1-9,16-17,24H,10-15H2. The Labute approximate surface area is 164 Å². The highest BCUT2D eigenvalue weighted by Gasteiger charge is 2.33. The third kappa shape index (κ3) is 3.27. The van der Waals surface area contributed by atoms with Gasteiger partial charge in [-0.1, -0.05) is 36.4 Å². The number of likely N-dealkylation sites (tertiary alicyclic amines) is 1. The van der Waals surface area contributed by atoms with Gasteiger partial charge in [0.05, 0.1) is 0 Å². The van der Waals surface area contributed by atoms with E-state index in [1.165, 1.54) is 6.42 Å². The fourth-order valence-corrected chi connectivity index (χ4v) is 4.36. The molecule has 5 rings (SSSR count). The number of hydrogen-bond donors (Lipinski definition) is 1. The van der Waals surface area contributed by atoms with Crippen LogP contribution in [-0.4, -0.2) is 36.0 Å². The molecule has 28 heavy (non-hydrogen) atoms. The summed E-state index contributed by atoms with van der Waals surface area (Å²) < 4.78 is 12.0. The zero-order valence-electron chi connectivity index (χ0n) is 15.8. The topological polar surface area (TPSA) is 54.7 Å². The van der Waals surface area contributed by atoms with Crippen LogP contribution in [0.25, 0.3) is 11.0 Å². The normalized spacial score (nSPS) is 21.6. The van der Waals surface area contributed by atoms with E-state index in [9.17, 15) is 4.79 Å².